The Morgan fingerprint density at radius 2 is 1.74 bits per heavy atom. The molecule has 138 valence electrons. The number of aryl methyl sites for hydroxylation is 1. The van der Waals surface area contributed by atoms with E-state index < -0.39 is 0 Å². The van der Waals surface area contributed by atoms with Gasteiger partial charge in [0.05, 0.1) is 7.11 Å². The summed E-state index contributed by atoms with van der Waals surface area (Å²) in [5.41, 5.74) is 3.14. The second-order valence-corrected chi connectivity index (χ2v) is 6.96. The van der Waals surface area contributed by atoms with Crippen LogP contribution in [0.2, 0.25) is 0 Å². The highest BCUT2D eigenvalue weighted by Crippen LogP contribution is 2.24. The first kappa shape index (κ1) is 19.0. The zero-order chi connectivity index (χ0) is 19.2. The maximum atomic E-state index is 12.6. The van der Waals surface area contributed by atoms with Gasteiger partial charge in [0, 0.05) is 21.3 Å². The van der Waals surface area contributed by atoms with Crippen LogP contribution in [0.15, 0.2) is 71.2 Å². The molecule has 27 heavy (non-hydrogen) atoms. The van der Waals surface area contributed by atoms with E-state index in [4.69, 9.17) is 9.47 Å². The van der Waals surface area contributed by atoms with E-state index in [1.807, 2.05) is 55.5 Å². The second kappa shape index (κ2) is 8.73. The summed E-state index contributed by atoms with van der Waals surface area (Å²) in [4.78, 5) is 12.6. The lowest BCUT2D eigenvalue weighted by Crippen LogP contribution is -2.12. The van der Waals surface area contributed by atoms with Crippen LogP contribution in [0, 0.1) is 6.92 Å². The van der Waals surface area contributed by atoms with Crippen LogP contribution >= 0.6 is 15.9 Å². The smallest absolute Gasteiger partial charge is 0.255 e. The monoisotopic (exact) mass is 425 g/mol. The topological polar surface area (TPSA) is 47.6 Å². The number of carbonyl (C=O) groups excluding carboxylic acids is 1. The van der Waals surface area contributed by atoms with Gasteiger partial charge in [-0.1, -0.05) is 34.1 Å². The van der Waals surface area contributed by atoms with Crippen molar-refractivity contribution in [3.63, 3.8) is 0 Å². The van der Waals surface area contributed by atoms with Crippen molar-refractivity contribution < 1.29 is 14.3 Å². The standard InChI is InChI=1S/C22H20BrNO3/c1-15-5-3-4-6-20(15)27-14-17-13-16(7-12-21(17)26-2)22(25)24-19-10-8-18(23)9-11-19/h3-13H,14H2,1-2H3,(H,24,25). The molecule has 0 spiro atoms. The molecule has 0 saturated carbocycles. The van der Waals surface area contributed by atoms with Crippen LogP contribution in [0.5, 0.6) is 11.5 Å². The molecule has 0 unspecified atom stereocenters. The zero-order valence-corrected chi connectivity index (χ0v) is 16.7. The highest BCUT2D eigenvalue weighted by Gasteiger charge is 2.12. The molecule has 3 rings (SSSR count). The van der Waals surface area contributed by atoms with Gasteiger partial charge in [0.1, 0.15) is 18.1 Å². The van der Waals surface area contributed by atoms with E-state index in [1.165, 1.54) is 0 Å². The number of halogens is 1. The van der Waals surface area contributed by atoms with Gasteiger partial charge in [0.2, 0.25) is 0 Å². The molecule has 3 aromatic rings. The van der Waals surface area contributed by atoms with Crippen LogP contribution in [0.25, 0.3) is 0 Å². The van der Waals surface area contributed by atoms with Crippen molar-refractivity contribution in [3.8, 4) is 11.5 Å². The molecule has 0 radical (unpaired) electrons. The quantitative estimate of drug-likeness (QED) is 0.559. The average Bonchev–Trinajstić information content (AvgIpc) is 2.69. The molecule has 0 atom stereocenters. The molecule has 0 aliphatic carbocycles. The number of amides is 1. The summed E-state index contributed by atoms with van der Waals surface area (Å²) in [5.74, 6) is 1.31. The maximum Gasteiger partial charge on any atom is 0.255 e. The second-order valence-electron chi connectivity index (χ2n) is 6.04. The lowest BCUT2D eigenvalue weighted by atomic mass is 10.1. The van der Waals surface area contributed by atoms with E-state index >= 15 is 0 Å². The molecule has 0 aromatic heterocycles. The molecule has 0 heterocycles. The third-order valence-corrected chi connectivity index (χ3v) is 4.65. The largest absolute Gasteiger partial charge is 0.496 e. The summed E-state index contributed by atoms with van der Waals surface area (Å²) in [6, 6.07) is 20.6. The predicted octanol–water partition coefficient (Wildman–Crippen LogP) is 5.60. The molecule has 0 fully saturated rings. The molecule has 0 bridgehead atoms. The van der Waals surface area contributed by atoms with Gasteiger partial charge < -0.3 is 14.8 Å². The Balaban J connectivity index is 1.77. The fraction of sp³-hybridized carbons (Fsp3) is 0.136. The number of ether oxygens (including phenoxy) is 2. The summed E-state index contributed by atoms with van der Waals surface area (Å²) in [6.45, 7) is 2.31. The number of benzene rings is 3. The van der Waals surface area contributed by atoms with Crippen molar-refractivity contribution in [3.05, 3.63) is 87.9 Å². The molecule has 0 aliphatic heterocycles. The first-order valence-electron chi connectivity index (χ1n) is 8.49. The van der Waals surface area contributed by atoms with Gasteiger partial charge in [-0.3, -0.25) is 4.79 Å². The molecular formula is C22H20BrNO3. The van der Waals surface area contributed by atoms with E-state index in [0.717, 1.165) is 27.0 Å². The van der Waals surface area contributed by atoms with Crippen LogP contribution in [0.4, 0.5) is 5.69 Å². The average molecular weight is 426 g/mol. The van der Waals surface area contributed by atoms with Crippen LogP contribution in [0.1, 0.15) is 21.5 Å². The van der Waals surface area contributed by atoms with E-state index in [2.05, 4.69) is 21.2 Å². The van der Waals surface area contributed by atoms with Gasteiger partial charge in [-0.05, 0) is 61.0 Å². The Labute approximate surface area is 167 Å². The van der Waals surface area contributed by atoms with E-state index in [9.17, 15) is 4.79 Å². The first-order chi connectivity index (χ1) is 13.1. The van der Waals surface area contributed by atoms with E-state index in [-0.39, 0.29) is 5.91 Å². The van der Waals surface area contributed by atoms with Gasteiger partial charge in [-0.25, -0.2) is 0 Å². The van der Waals surface area contributed by atoms with Gasteiger partial charge in [0.25, 0.3) is 5.91 Å². The molecule has 4 nitrogen and oxygen atoms in total. The fourth-order valence-corrected chi connectivity index (χ4v) is 2.91. The summed E-state index contributed by atoms with van der Waals surface area (Å²) in [6.07, 6.45) is 0. The number of hydrogen-bond donors (Lipinski definition) is 1. The fourth-order valence-electron chi connectivity index (χ4n) is 2.64. The van der Waals surface area contributed by atoms with Crippen molar-refractivity contribution in [2.24, 2.45) is 0 Å². The zero-order valence-electron chi connectivity index (χ0n) is 15.2. The SMILES string of the molecule is COc1ccc(C(=O)Nc2ccc(Br)cc2)cc1COc1ccccc1C. The van der Waals surface area contributed by atoms with Crippen LogP contribution in [-0.2, 0) is 6.61 Å². The van der Waals surface area contributed by atoms with Crippen molar-refractivity contribution >= 4 is 27.5 Å². The molecule has 3 aromatic carbocycles. The minimum absolute atomic E-state index is 0.183. The maximum absolute atomic E-state index is 12.6. The minimum atomic E-state index is -0.183. The highest BCUT2D eigenvalue weighted by molar-refractivity contribution is 9.10. The van der Waals surface area contributed by atoms with E-state index in [0.29, 0.717) is 17.9 Å². The summed E-state index contributed by atoms with van der Waals surface area (Å²) in [7, 11) is 1.61. The number of rotatable bonds is 6. The number of carbonyl (C=O) groups is 1. The summed E-state index contributed by atoms with van der Waals surface area (Å²) in [5, 5.41) is 2.89. The Bertz CT molecular complexity index is 939. The van der Waals surface area contributed by atoms with Crippen LogP contribution < -0.4 is 14.8 Å². The summed E-state index contributed by atoms with van der Waals surface area (Å²) < 4.78 is 12.3. The van der Waals surface area contributed by atoms with Gasteiger partial charge in [-0.2, -0.15) is 0 Å². The van der Waals surface area contributed by atoms with Gasteiger partial charge in [-0.15, -0.1) is 0 Å². The normalized spacial score (nSPS) is 10.3. The van der Waals surface area contributed by atoms with Gasteiger partial charge >= 0.3 is 0 Å². The van der Waals surface area contributed by atoms with Crippen LogP contribution in [-0.4, -0.2) is 13.0 Å². The lowest BCUT2D eigenvalue weighted by molar-refractivity contribution is 0.102. The number of nitrogens with one attached hydrogen (secondary N) is 1. The molecule has 1 N–H and O–H groups in total. The van der Waals surface area contributed by atoms with Crippen LogP contribution in [0.3, 0.4) is 0 Å². The number of hydrogen-bond acceptors (Lipinski definition) is 3. The third-order valence-electron chi connectivity index (χ3n) is 4.12. The number of para-hydroxylation sites is 1. The van der Waals surface area contributed by atoms with Crippen molar-refractivity contribution in [2.75, 3.05) is 12.4 Å². The van der Waals surface area contributed by atoms with Crippen molar-refractivity contribution in [2.45, 2.75) is 13.5 Å². The molecule has 0 aliphatic rings. The summed E-state index contributed by atoms with van der Waals surface area (Å²) >= 11 is 3.38. The number of methoxy groups -OCH3 is 1. The van der Waals surface area contributed by atoms with Crippen molar-refractivity contribution in [1.82, 2.24) is 0 Å². The van der Waals surface area contributed by atoms with Crippen molar-refractivity contribution in [1.29, 1.82) is 0 Å². The Morgan fingerprint density at radius 1 is 1.00 bits per heavy atom. The lowest BCUT2D eigenvalue weighted by Gasteiger charge is -2.13. The van der Waals surface area contributed by atoms with E-state index in [1.54, 1.807) is 25.3 Å². The number of anilines is 1. The Kier molecular flexibility index (Phi) is 6.14. The third kappa shape index (κ3) is 4.89. The molecular weight excluding hydrogens is 406 g/mol. The molecule has 1 amide bonds. The minimum Gasteiger partial charge on any atom is -0.496 e. The predicted molar refractivity (Wildman–Crippen MR) is 111 cm³/mol. The highest BCUT2D eigenvalue weighted by atomic mass is 79.9. The first-order valence-corrected chi connectivity index (χ1v) is 9.28. The van der Waals surface area contributed by atoms with Gasteiger partial charge in [0.15, 0.2) is 0 Å². The Hall–Kier alpha value is -2.79. The molecule has 0 saturated heterocycles. The Morgan fingerprint density at radius 3 is 2.44 bits per heavy atom. The molecule has 5 heteroatoms.